The molecule has 1 aromatic rings. The summed E-state index contributed by atoms with van der Waals surface area (Å²) in [4.78, 5) is 25.2. The Kier molecular flexibility index (Phi) is 5.77. The van der Waals surface area contributed by atoms with Crippen LogP contribution in [0.4, 0.5) is 0 Å². The number of carboxylic acid groups (broad SMARTS) is 1. The summed E-state index contributed by atoms with van der Waals surface area (Å²) in [6.07, 6.45) is 2.63. The maximum atomic E-state index is 13.0. The van der Waals surface area contributed by atoms with Crippen molar-refractivity contribution in [3.05, 3.63) is 29.8 Å². The quantitative estimate of drug-likeness (QED) is 0.842. The number of likely N-dealkylation sites (N-methyl/N-ethyl adjacent to an activating group) is 1. The molecule has 1 aliphatic rings. The standard InChI is InChI=1S/C18H26N2O5S/c1-13-8-5-6-11-20(13)26(24,25)15-10-7-9-14(12-15)16(21)19(4)18(2,3)17(22)23/h7,9-10,12-13H,5-6,8,11H2,1-4H3,(H,22,23). The molecule has 1 heterocycles. The molecule has 1 aromatic carbocycles. The first kappa shape index (κ1) is 20.4. The molecule has 1 aliphatic heterocycles. The van der Waals surface area contributed by atoms with Crippen LogP contribution in [0.2, 0.25) is 0 Å². The molecule has 1 amide bonds. The third-order valence-electron chi connectivity index (χ3n) is 5.10. The van der Waals surface area contributed by atoms with Crippen molar-refractivity contribution in [3.8, 4) is 0 Å². The zero-order chi connectivity index (χ0) is 19.7. The van der Waals surface area contributed by atoms with E-state index < -0.39 is 27.4 Å². The maximum absolute atomic E-state index is 13.0. The van der Waals surface area contributed by atoms with Crippen molar-refractivity contribution in [2.45, 2.75) is 56.5 Å². The van der Waals surface area contributed by atoms with Gasteiger partial charge in [0, 0.05) is 25.2 Å². The number of carboxylic acids is 1. The predicted molar refractivity (Wildman–Crippen MR) is 97.5 cm³/mol. The zero-order valence-corrected chi connectivity index (χ0v) is 16.4. The number of nitrogens with zero attached hydrogens (tertiary/aromatic N) is 2. The van der Waals surface area contributed by atoms with Gasteiger partial charge < -0.3 is 10.0 Å². The topological polar surface area (TPSA) is 95.0 Å². The normalized spacial score (nSPS) is 19.2. The van der Waals surface area contributed by atoms with Crippen molar-refractivity contribution in [3.63, 3.8) is 0 Å². The number of carbonyl (C=O) groups excluding carboxylic acids is 1. The minimum atomic E-state index is -3.70. The Morgan fingerprint density at radius 3 is 2.50 bits per heavy atom. The summed E-state index contributed by atoms with van der Waals surface area (Å²) >= 11 is 0. The Morgan fingerprint density at radius 1 is 1.27 bits per heavy atom. The van der Waals surface area contributed by atoms with Gasteiger partial charge >= 0.3 is 5.97 Å². The molecule has 1 atom stereocenters. The number of hydrogen-bond acceptors (Lipinski definition) is 4. The number of piperidine rings is 1. The van der Waals surface area contributed by atoms with E-state index in [9.17, 15) is 23.1 Å². The van der Waals surface area contributed by atoms with Crippen molar-refractivity contribution in [1.29, 1.82) is 0 Å². The van der Waals surface area contributed by atoms with Gasteiger partial charge in [-0.2, -0.15) is 4.31 Å². The molecule has 7 nitrogen and oxygen atoms in total. The summed E-state index contributed by atoms with van der Waals surface area (Å²) in [5.74, 6) is -1.68. The van der Waals surface area contributed by atoms with Gasteiger partial charge in [-0.05, 0) is 51.8 Å². The fraction of sp³-hybridized carbons (Fsp3) is 0.556. The SMILES string of the molecule is CC1CCCCN1S(=O)(=O)c1cccc(C(=O)N(C)C(C)(C)C(=O)O)c1. The molecular formula is C18H26N2O5S. The summed E-state index contributed by atoms with van der Waals surface area (Å²) in [5.41, 5.74) is -1.26. The van der Waals surface area contributed by atoms with Gasteiger partial charge in [-0.1, -0.05) is 12.5 Å². The molecule has 0 aliphatic carbocycles. The van der Waals surface area contributed by atoms with Crippen LogP contribution in [-0.2, 0) is 14.8 Å². The van der Waals surface area contributed by atoms with Crippen LogP contribution in [0.25, 0.3) is 0 Å². The smallest absolute Gasteiger partial charge is 0.329 e. The van der Waals surface area contributed by atoms with Gasteiger partial charge in [-0.25, -0.2) is 13.2 Å². The minimum Gasteiger partial charge on any atom is -0.480 e. The van der Waals surface area contributed by atoms with E-state index >= 15 is 0 Å². The number of sulfonamides is 1. The first-order chi connectivity index (χ1) is 12.0. The summed E-state index contributed by atoms with van der Waals surface area (Å²) in [5, 5.41) is 9.29. The lowest BCUT2D eigenvalue weighted by atomic mass is 10.0. The third kappa shape index (κ3) is 3.76. The van der Waals surface area contributed by atoms with E-state index in [1.165, 1.54) is 49.5 Å². The Hall–Kier alpha value is -1.93. The molecule has 1 fully saturated rings. The van der Waals surface area contributed by atoms with Gasteiger partial charge in [0.2, 0.25) is 10.0 Å². The van der Waals surface area contributed by atoms with Crippen molar-refractivity contribution >= 4 is 21.9 Å². The van der Waals surface area contributed by atoms with Gasteiger partial charge in [0.05, 0.1) is 4.90 Å². The van der Waals surface area contributed by atoms with Crippen LogP contribution >= 0.6 is 0 Å². The second kappa shape index (κ2) is 7.36. The first-order valence-electron chi connectivity index (χ1n) is 8.63. The summed E-state index contributed by atoms with van der Waals surface area (Å²) in [6, 6.07) is 5.72. The molecule has 0 saturated carbocycles. The molecule has 1 N–H and O–H groups in total. The minimum absolute atomic E-state index is 0.0543. The van der Waals surface area contributed by atoms with Crippen LogP contribution in [0.1, 0.15) is 50.4 Å². The molecular weight excluding hydrogens is 356 g/mol. The highest BCUT2D eigenvalue weighted by Crippen LogP contribution is 2.26. The average Bonchev–Trinajstić information content (AvgIpc) is 2.60. The van der Waals surface area contributed by atoms with Crippen molar-refractivity contribution in [2.24, 2.45) is 0 Å². The zero-order valence-electron chi connectivity index (χ0n) is 15.6. The Labute approximate surface area is 154 Å². The van der Waals surface area contributed by atoms with Gasteiger partial charge in [-0.15, -0.1) is 0 Å². The van der Waals surface area contributed by atoms with Crippen molar-refractivity contribution in [1.82, 2.24) is 9.21 Å². The van der Waals surface area contributed by atoms with E-state index in [2.05, 4.69) is 0 Å². The van der Waals surface area contributed by atoms with E-state index in [1.807, 2.05) is 6.92 Å². The predicted octanol–water partition coefficient (Wildman–Crippen LogP) is 2.18. The fourth-order valence-electron chi connectivity index (χ4n) is 2.94. The van der Waals surface area contributed by atoms with Crippen LogP contribution in [0.15, 0.2) is 29.2 Å². The maximum Gasteiger partial charge on any atom is 0.329 e. The second-order valence-corrected chi connectivity index (χ2v) is 9.11. The van der Waals surface area contributed by atoms with Crippen LogP contribution in [0.3, 0.4) is 0 Å². The average molecular weight is 382 g/mol. The number of benzene rings is 1. The van der Waals surface area contributed by atoms with Gasteiger partial charge in [0.15, 0.2) is 0 Å². The van der Waals surface area contributed by atoms with Crippen LogP contribution in [0, 0.1) is 0 Å². The molecule has 1 saturated heterocycles. The lowest BCUT2D eigenvalue weighted by Crippen LogP contribution is -2.50. The number of amides is 1. The van der Waals surface area contributed by atoms with E-state index in [-0.39, 0.29) is 16.5 Å². The highest BCUT2D eigenvalue weighted by atomic mass is 32.2. The van der Waals surface area contributed by atoms with Crippen molar-refractivity contribution < 1.29 is 23.1 Å². The Balaban J connectivity index is 2.36. The highest BCUT2D eigenvalue weighted by Gasteiger charge is 2.36. The molecule has 144 valence electrons. The summed E-state index contributed by atoms with van der Waals surface area (Å²) < 4.78 is 27.4. The lowest BCUT2D eigenvalue weighted by molar-refractivity contribution is -0.147. The largest absolute Gasteiger partial charge is 0.480 e. The summed E-state index contributed by atoms with van der Waals surface area (Å²) in [6.45, 7) is 5.19. The number of carbonyl (C=O) groups is 2. The van der Waals surface area contributed by atoms with E-state index in [0.29, 0.717) is 6.54 Å². The number of aliphatic carboxylic acids is 1. The Morgan fingerprint density at radius 2 is 1.92 bits per heavy atom. The van der Waals surface area contributed by atoms with E-state index in [4.69, 9.17) is 0 Å². The molecule has 2 rings (SSSR count). The molecule has 0 radical (unpaired) electrons. The van der Waals surface area contributed by atoms with Gasteiger partial charge in [0.1, 0.15) is 5.54 Å². The monoisotopic (exact) mass is 382 g/mol. The van der Waals surface area contributed by atoms with Crippen LogP contribution in [0.5, 0.6) is 0 Å². The molecule has 0 aromatic heterocycles. The highest BCUT2D eigenvalue weighted by molar-refractivity contribution is 7.89. The van der Waals surface area contributed by atoms with Gasteiger partial charge in [0.25, 0.3) is 5.91 Å². The fourth-order valence-corrected chi connectivity index (χ4v) is 4.69. The third-order valence-corrected chi connectivity index (χ3v) is 7.11. The molecule has 0 spiro atoms. The summed E-state index contributed by atoms with van der Waals surface area (Å²) in [7, 11) is -2.31. The van der Waals surface area contributed by atoms with Gasteiger partial charge in [-0.3, -0.25) is 4.79 Å². The van der Waals surface area contributed by atoms with E-state index in [0.717, 1.165) is 24.2 Å². The van der Waals surface area contributed by atoms with Crippen LogP contribution < -0.4 is 0 Å². The van der Waals surface area contributed by atoms with Crippen molar-refractivity contribution in [2.75, 3.05) is 13.6 Å². The molecule has 0 bridgehead atoms. The van der Waals surface area contributed by atoms with E-state index in [1.54, 1.807) is 0 Å². The Bertz CT molecular complexity index is 804. The molecule has 26 heavy (non-hydrogen) atoms. The second-order valence-electron chi connectivity index (χ2n) is 7.22. The first-order valence-corrected chi connectivity index (χ1v) is 10.1. The molecule has 8 heteroatoms. The number of rotatable bonds is 5. The number of hydrogen-bond donors (Lipinski definition) is 1. The lowest BCUT2D eigenvalue weighted by Gasteiger charge is -2.33. The van der Waals surface area contributed by atoms with Crippen LogP contribution in [-0.4, -0.2) is 59.8 Å². The molecule has 1 unspecified atom stereocenters.